The highest BCUT2D eigenvalue weighted by atomic mass is 35.6. The molecule has 0 saturated heterocycles. The molecular formula is C3H2Cl3O3. The second-order valence-corrected chi connectivity index (χ2v) is 3.67. The second kappa shape index (κ2) is 3.34. The lowest BCUT2D eigenvalue weighted by Gasteiger charge is -2.06. The van der Waals surface area contributed by atoms with Gasteiger partial charge < -0.3 is 4.74 Å². The molecule has 0 aromatic heterocycles. The highest BCUT2D eigenvalue weighted by molar-refractivity contribution is 6.67. The molecule has 0 bridgehead atoms. The zero-order chi connectivity index (χ0) is 7.49. The van der Waals surface area contributed by atoms with E-state index in [1.165, 1.54) is 0 Å². The first-order valence-corrected chi connectivity index (χ1v) is 2.96. The van der Waals surface area contributed by atoms with Gasteiger partial charge in [0.05, 0.1) is 0 Å². The van der Waals surface area contributed by atoms with Gasteiger partial charge in [-0.15, -0.1) is 0 Å². The van der Waals surface area contributed by atoms with Crippen molar-refractivity contribution >= 4 is 41.0 Å². The average Bonchev–Trinajstić information content (AvgIpc) is 1.59. The number of halogens is 3. The Kier molecular flexibility index (Phi) is 3.40. The highest BCUT2D eigenvalue weighted by Gasteiger charge is 2.22. The molecule has 0 aromatic rings. The topological polar surface area (TPSA) is 46.2 Å². The summed E-state index contributed by atoms with van der Waals surface area (Å²) < 4.78 is 2.12. The molecule has 53 valence electrons. The third-order valence-electron chi connectivity index (χ3n) is 0.354. The lowest BCUT2D eigenvalue weighted by atomic mass is 10.8. The Balaban J connectivity index is 3.39. The van der Waals surface area contributed by atoms with Gasteiger partial charge in [-0.1, -0.05) is 34.8 Å². The van der Waals surface area contributed by atoms with Crippen molar-refractivity contribution in [2.75, 3.05) is 6.61 Å². The third-order valence-corrected chi connectivity index (χ3v) is 0.681. The lowest BCUT2D eigenvalue weighted by Crippen LogP contribution is -2.15. The van der Waals surface area contributed by atoms with Crippen molar-refractivity contribution in [1.82, 2.24) is 0 Å². The average molecular weight is 192 g/mol. The van der Waals surface area contributed by atoms with Crippen LogP contribution in [-0.2, 0) is 9.84 Å². The standard InChI is InChI=1S/C3H2Cl3O3/c4-3(5,6)1-9-2(7)8/h1H2. The summed E-state index contributed by atoms with van der Waals surface area (Å²) in [5.41, 5.74) is 0. The van der Waals surface area contributed by atoms with Crippen LogP contribution in [0.2, 0.25) is 0 Å². The molecule has 0 fully saturated rings. The van der Waals surface area contributed by atoms with E-state index in [1.54, 1.807) is 0 Å². The molecule has 0 aliphatic carbocycles. The van der Waals surface area contributed by atoms with Crippen molar-refractivity contribution in [2.45, 2.75) is 3.79 Å². The maximum atomic E-state index is 9.54. The lowest BCUT2D eigenvalue weighted by molar-refractivity contribution is 0.0694. The van der Waals surface area contributed by atoms with Gasteiger partial charge in [0.15, 0.2) is 0 Å². The fourth-order valence-electron chi connectivity index (χ4n) is 0.141. The van der Waals surface area contributed by atoms with Gasteiger partial charge in [0.1, 0.15) is 6.61 Å². The van der Waals surface area contributed by atoms with Gasteiger partial charge in [-0.05, 0) is 0 Å². The summed E-state index contributed by atoms with van der Waals surface area (Å²) in [6.45, 7) is -0.514. The molecule has 0 aliphatic rings. The van der Waals surface area contributed by atoms with Crippen molar-refractivity contribution in [3.8, 4) is 0 Å². The minimum Gasteiger partial charge on any atom is -0.427 e. The molecule has 3 nitrogen and oxygen atoms in total. The summed E-state index contributed by atoms with van der Waals surface area (Å²) >= 11 is 15.3. The zero-order valence-electron chi connectivity index (χ0n) is 4.07. The Bertz CT molecular complexity index is 107. The van der Waals surface area contributed by atoms with E-state index in [-0.39, 0.29) is 0 Å². The quantitative estimate of drug-likeness (QED) is 0.471. The van der Waals surface area contributed by atoms with Crippen molar-refractivity contribution < 1.29 is 14.6 Å². The fourth-order valence-corrected chi connectivity index (χ4v) is 0.304. The van der Waals surface area contributed by atoms with Crippen LogP contribution in [0.4, 0.5) is 4.79 Å². The van der Waals surface area contributed by atoms with E-state index >= 15 is 0 Å². The number of carbonyl (C=O) groups excluding carboxylic acids is 1. The first-order chi connectivity index (χ1) is 3.92. The van der Waals surface area contributed by atoms with Gasteiger partial charge >= 0.3 is 6.16 Å². The molecule has 6 heteroatoms. The van der Waals surface area contributed by atoms with Crippen LogP contribution in [-0.4, -0.2) is 16.6 Å². The summed E-state index contributed by atoms with van der Waals surface area (Å²) in [4.78, 5) is 9.54. The predicted molar refractivity (Wildman–Crippen MR) is 32.3 cm³/mol. The third kappa shape index (κ3) is 8.14. The zero-order valence-corrected chi connectivity index (χ0v) is 6.33. The van der Waals surface area contributed by atoms with Gasteiger partial charge in [-0.25, -0.2) is 0 Å². The van der Waals surface area contributed by atoms with Crippen LogP contribution < -0.4 is 0 Å². The van der Waals surface area contributed by atoms with Crippen LogP contribution in [0, 0.1) is 0 Å². The Labute approximate surface area is 66.4 Å². The van der Waals surface area contributed by atoms with Crippen LogP contribution in [0.5, 0.6) is 0 Å². The molecule has 0 unspecified atom stereocenters. The summed E-state index contributed by atoms with van der Waals surface area (Å²) in [5.74, 6) is 0. The summed E-state index contributed by atoms with van der Waals surface area (Å²) in [7, 11) is 0. The molecular weight excluding hydrogens is 190 g/mol. The smallest absolute Gasteiger partial charge is 0.427 e. The summed E-state index contributed by atoms with van der Waals surface area (Å²) in [6, 6.07) is 0. The molecule has 1 radical (unpaired) electrons. The van der Waals surface area contributed by atoms with E-state index in [2.05, 4.69) is 4.74 Å². The summed E-state index contributed by atoms with van der Waals surface area (Å²) in [6.07, 6.45) is -1.71. The van der Waals surface area contributed by atoms with E-state index in [1.807, 2.05) is 0 Å². The van der Waals surface area contributed by atoms with E-state index in [9.17, 15) is 9.90 Å². The molecule has 0 atom stereocenters. The minimum absolute atomic E-state index is 0.514. The largest absolute Gasteiger partial charge is 0.550 e. The summed E-state index contributed by atoms with van der Waals surface area (Å²) in [5, 5.41) is 9.54. The SMILES string of the molecule is [O]C(=O)OCC(Cl)(Cl)Cl. The van der Waals surface area contributed by atoms with Crippen molar-refractivity contribution in [3.63, 3.8) is 0 Å². The first kappa shape index (κ1) is 9.14. The van der Waals surface area contributed by atoms with E-state index in [0.717, 1.165) is 0 Å². The van der Waals surface area contributed by atoms with Crippen LogP contribution in [0.3, 0.4) is 0 Å². The number of hydrogen-bond acceptors (Lipinski definition) is 2. The fraction of sp³-hybridized carbons (Fsp3) is 0.667. The first-order valence-electron chi connectivity index (χ1n) is 1.82. The molecule has 0 aromatic carbocycles. The maximum absolute atomic E-state index is 9.54. The highest BCUT2D eigenvalue weighted by Crippen LogP contribution is 2.25. The monoisotopic (exact) mass is 191 g/mol. The second-order valence-electron chi connectivity index (χ2n) is 1.15. The molecule has 0 spiro atoms. The van der Waals surface area contributed by atoms with E-state index in [4.69, 9.17) is 34.8 Å². The van der Waals surface area contributed by atoms with Crippen molar-refractivity contribution in [2.24, 2.45) is 0 Å². The van der Waals surface area contributed by atoms with Gasteiger partial charge in [-0.3, -0.25) is 0 Å². The Morgan fingerprint density at radius 3 is 2.00 bits per heavy atom. The van der Waals surface area contributed by atoms with Gasteiger partial charge in [0.2, 0.25) is 3.79 Å². The number of alkyl halides is 3. The van der Waals surface area contributed by atoms with Gasteiger partial charge in [-0.2, -0.15) is 9.90 Å². The van der Waals surface area contributed by atoms with E-state index < -0.39 is 16.6 Å². The molecule has 0 heterocycles. The van der Waals surface area contributed by atoms with Crippen molar-refractivity contribution in [3.05, 3.63) is 0 Å². The Morgan fingerprint density at radius 1 is 1.44 bits per heavy atom. The van der Waals surface area contributed by atoms with Gasteiger partial charge in [0, 0.05) is 0 Å². The number of hydrogen-bond donors (Lipinski definition) is 0. The van der Waals surface area contributed by atoms with Crippen LogP contribution in [0.15, 0.2) is 0 Å². The molecule has 0 saturated carbocycles. The maximum Gasteiger partial charge on any atom is 0.550 e. The normalized spacial score (nSPS) is 11.0. The predicted octanol–water partition coefficient (Wildman–Crippen LogP) is 1.92. The van der Waals surface area contributed by atoms with Crippen LogP contribution >= 0.6 is 34.8 Å². The molecule has 0 N–H and O–H groups in total. The molecule has 9 heavy (non-hydrogen) atoms. The van der Waals surface area contributed by atoms with E-state index in [0.29, 0.717) is 0 Å². The Hall–Kier alpha value is 0.140. The van der Waals surface area contributed by atoms with Gasteiger partial charge in [0.25, 0.3) is 0 Å². The molecule has 0 amide bonds. The molecule has 0 aliphatic heterocycles. The van der Waals surface area contributed by atoms with Crippen molar-refractivity contribution in [1.29, 1.82) is 0 Å². The number of carbonyl (C=O) groups is 1. The van der Waals surface area contributed by atoms with Crippen LogP contribution in [0.1, 0.15) is 0 Å². The Morgan fingerprint density at radius 2 is 1.89 bits per heavy atom. The minimum atomic E-state index is -1.71. The number of rotatable bonds is 1. The molecule has 0 rings (SSSR count). The number of ether oxygens (including phenoxy) is 1. The van der Waals surface area contributed by atoms with Crippen LogP contribution in [0.25, 0.3) is 0 Å².